The first-order valence-electron chi connectivity index (χ1n) is 10.2. The largest absolute Gasteiger partial charge is 0.490 e. The Labute approximate surface area is 198 Å². The van der Waals surface area contributed by atoms with Gasteiger partial charge in [0.05, 0.1) is 11.3 Å². The minimum atomic E-state index is -5.08. The number of aliphatic hydroxyl groups excluding tert-OH is 1. The molecule has 3 aromatic rings. The van der Waals surface area contributed by atoms with Gasteiger partial charge in [0.2, 0.25) is 0 Å². The molecule has 0 aliphatic carbocycles. The number of carboxylic acids is 1. The van der Waals surface area contributed by atoms with E-state index >= 15 is 0 Å². The number of nitrogens with zero attached hydrogens (tertiary/aromatic N) is 1. The van der Waals surface area contributed by atoms with Gasteiger partial charge in [-0.25, -0.2) is 9.18 Å². The Morgan fingerprint density at radius 3 is 2.46 bits per heavy atom. The summed E-state index contributed by atoms with van der Waals surface area (Å²) in [5.41, 5.74) is 4.16. The lowest BCUT2D eigenvalue weighted by Crippen LogP contribution is -2.41. The van der Waals surface area contributed by atoms with Crippen molar-refractivity contribution in [3.8, 4) is 22.5 Å². The molecule has 0 bridgehead atoms. The van der Waals surface area contributed by atoms with Crippen molar-refractivity contribution in [3.05, 3.63) is 65.7 Å². The molecule has 11 heteroatoms. The number of alkyl halides is 3. The van der Waals surface area contributed by atoms with Crippen LogP contribution in [0.25, 0.3) is 22.5 Å². The Morgan fingerprint density at radius 1 is 1.14 bits per heavy atom. The second-order valence-corrected chi connectivity index (χ2v) is 7.53. The average Bonchev–Trinajstić information content (AvgIpc) is 3.23. The molecule has 0 saturated heterocycles. The van der Waals surface area contributed by atoms with Gasteiger partial charge in [0, 0.05) is 47.8 Å². The lowest BCUT2D eigenvalue weighted by Gasteiger charge is -2.23. The summed E-state index contributed by atoms with van der Waals surface area (Å²) in [4.78, 5) is 28.9. The molecule has 1 unspecified atom stereocenters. The number of carbonyl (C=O) groups excluding carboxylic acids is 1. The van der Waals surface area contributed by atoms with E-state index in [9.17, 15) is 22.4 Å². The minimum Gasteiger partial charge on any atom is -0.475 e. The van der Waals surface area contributed by atoms with E-state index in [0.717, 1.165) is 23.4 Å². The molecule has 1 atom stereocenters. The average molecular weight is 495 g/mol. The maximum atomic E-state index is 14.1. The standard InChI is InChI=1S/C21H20FN3O2.C2HF3O2.CH4/c22-17-6-2-1-5-15(17)19-10-13(7-8-23-19)18-12-16-20(25-18)11-14(4-3-9-26)24-21(16)27;3-2(4,5)1(6)7;/h1-2,5-8,10,12,14,25-26H,3-4,9,11H2,(H,24,27);(H,6,7);1H4. The summed E-state index contributed by atoms with van der Waals surface area (Å²) in [6.45, 7) is 0.116. The van der Waals surface area contributed by atoms with Crippen molar-refractivity contribution >= 4 is 11.9 Å². The van der Waals surface area contributed by atoms with Crippen molar-refractivity contribution in [2.45, 2.75) is 38.9 Å². The number of carboxylic acid groups (broad SMARTS) is 1. The van der Waals surface area contributed by atoms with Gasteiger partial charge >= 0.3 is 12.1 Å². The molecule has 1 aliphatic heterocycles. The van der Waals surface area contributed by atoms with Gasteiger partial charge < -0.3 is 20.5 Å². The highest BCUT2D eigenvalue weighted by molar-refractivity contribution is 5.98. The first-order valence-corrected chi connectivity index (χ1v) is 10.2. The molecule has 3 heterocycles. The van der Waals surface area contributed by atoms with Gasteiger partial charge in [-0.05, 0) is 43.2 Å². The van der Waals surface area contributed by atoms with Crippen LogP contribution >= 0.6 is 0 Å². The number of amides is 1. The highest BCUT2D eigenvalue weighted by Gasteiger charge is 2.38. The number of carbonyl (C=O) groups is 2. The highest BCUT2D eigenvalue weighted by atomic mass is 19.4. The fourth-order valence-corrected chi connectivity index (χ4v) is 3.50. The summed E-state index contributed by atoms with van der Waals surface area (Å²) in [6, 6.07) is 12.0. The molecule has 0 saturated carbocycles. The molecule has 2 aromatic heterocycles. The van der Waals surface area contributed by atoms with Crippen molar-refractivity contribution in [2.24, 2.45) is 0 Å². The molecule has 0 radical (unpaired) electrons. The molecule has 1 aromatic carbocycles. The molecule has 4 rings (SSSR count). The molecule has 0 spiro atoms. The maximum Gasteiger partial charge on any atom is 0.490 e. The first kappa shape index (κ1) is 27.5. The lowest BCUT2D eigenvalue weighted by atomic mass is 9.98. The van der Waals surface area contributed by atoms with Crippen molar-refractivity contribution < 1.29 is 37.4 Å². The van der Waals surface area contributed by atoms with Gasteiger partial charge in [0.1, 0.15) is 5.82 Å². The predicted molar refractivity (Wildman–Crippen MR) is 121 cm³/mol. The second kappa shape index (κ2) is 11.6. The van der Waals surface area contributed by atoms with Crippen LogP contribution in [0.1, 0.15) is 36.3 Å². The normalized spacial score (nSPS) is 14.7. The third-order valence-electron chi connectivity index (χ3n) is 5.10. The number of aromatic nitrogens is 2. The predicted octanol–water partition coefficient (Wildman–Crippen LogP) is 4.58. The van der Waals surface area contributed by atoms with Crippen LogP contribution in [-0.2, 0) is 11.2 Å². The number of pyridine rings is 1. The third-order valence-corrected chi connectivity index (χ3v) is 5.10. The molecular weight excluding hydrogens is 470 g/mol. The summed E-state index contributed by atoms with van der Waals surface area (Å²) in [6.07, 6.45) is -1.35. The van der Waals surface area contributed by atoms with Crippen LogP contribution in [0, 0.1) is 5.82 Å². The Bertz CT molecular complexity index is 1180. The smallest absolute Gasteiger partial charge is 0.475 e. The van der Waals surface area contributed by atoms with E-state index in [0.29, 0.717) is 29.7 Å². The quantitative estimate of drug-likeness (QED) is 0.387. The Morgan fingerprint density at radius 2 is 1.83 bits per heavy atom. The van der Waals surface area contributed by atoms with Gasteiger partial charge in [0.25, 0.3) is 5.91 Å². The van der Waals surface area contributed by atoms with Crippen LogP contribution in [0.4, 0.5) is 17.6 Å². The lowest BCUT2D eigenvalue weighted by molar-refractivity contribution is -0.192. The molecule has 35 heavy (non-hydrogen) atoms. The number of nitrogens with one attached hydrogen (secondary N) is 2. The van der Waals surface area contributed by atoms with Gasteiger partial charge in [-0.3, -0.25) is 9.78 Å². The van der Waals surface area contributed by atoms with Gasteiger partial charge in [0.15, 0.2) is 0 Å². The topological polar surface area (TPSA) is 115 Å². The molecule has 4 N–H and O–H groups in total. The summed E-state index contributed by atoms with van der Waals surface area (Å²) < 4.78 is 45.8. The number of aliphatic carboxylic acids is 1. The number of hydrogen-bond donors (Lipinski definition) is 4. The van der Waals surface area contributed by atoms with E-state index < -0.39 is 12.1 Å². The zero-order valence-electron chi connectivity index (χ0n) is 17.7. The summed E-state index contributed by atoms with van der Waals surface area (Å²) in [5, 5.41) is 19.1. The van der Waals surface area contributed by atoms with Crippen LogP contribution in [0.15, 0.2) is 48.7 Å². The van der Waals surface area contributed by atoms with E-state index in [1.54, 1.807) is 24.4 Å². The number of aliphatic hydroxyl groups is 1. The monoisotopic (exact) mass is 495 g/mol. The van der Waals surface area contributed by atoms with Crippen molar-refractivity contribution in [3.63, 3.8) is 0 Å². The minimum absolute atomic E-state index is 0. The van der Waals surface area contributed by atoms with Gasteiger partial charge in [-0.2, -0.15) is 13.2 Å². The zero-order valence-corrected chi connectivity index (χ0v) is 17.7. The SMILES string of the molecule is C.O=C(O)C(F)(F)F.O=C1NC(CCCO)Cc2[nH]c(-c3ccnc(-c4ccccc4F)c3)cc21. The van der Waals surface area contributed by atoms with Crippen molar-refractivity contribution in [1.82, 2.24) is 15.3 Å². The summed E-state index contributed by atoms with van der Waals surface area (Å²) >= 11 is 0. The van der Waals surface area contributed by atoms with E-state index in [1.165, 1.54) is 6.07 Å². The van der Waals surface area contributed by atoms with Crippen LogP contribution in [-0.4, -0.2) is 50.9 Å². The summed E-state index contributed by atoms with van der Waals surface area (Å²) in [7, 11) is 0. The number of aromatic amines is 1. The number of fused-ring (bicyclic) bond motifs is 1. The Kier molecular flexibility index (Phi) is 9.12. The molecule has 1 aliphatic rings. The molecule has 188 valence electrons. The summed E-state index contributed by atoms with van der Waals surface area (Å²) in [5.74, 6) is -3.18. The fourth-order valence-electron chi connectivity index (χ4n) is 3.50. The van der Waals surface area contributed by atoms with Crippen LogP contribution < -0.4 is 5.32 Å². The second-order valence-electron chi connectivity index (χ2n) is 7.53. The van der Waals surface area contributed by atoms with Crippen LogP contribution in [0.2, 0.25) is 0 Å². The number of benzene rings is 1. The molecule has 0 fully saturated rings. The van der Waals surface area contributed by atoms with E-state index in [2.05, 4.69) is 15.3 Å². The molecule has 7 nitrogen and oxygen atoms in total. The highest BCUT2D eigenvalue weighted by Crippen LogP contribution is 2.29. The molecule has 1 amide bonds. The first-order chi connectivity index (χ1) is 16.1. The van der Waals surface area contributed by atoms with Gasteiger partial charge in [-0.1, -0.05) is 19.6 Å². The number of halogens is 4. The Hall–Kier alpha value is -3.73. The van der Waals surface area contributed by atoms with Crippen LogP contribution in [0.5, 0.6) is 0 Å². The fraction of sp³-hybridized carbons (Fsp3) is 0.292. The van der Waals surface area contributed by atoms with Crippen molar-refractivity contribution in [2.75, 3.05) is 6.61 Å². The van der Waals surface area contributed by atoms with E-state index in [1.807, 2.05) is 18.2 Å². The number of H-pyrrole nitrogens is 1. The number of rotatable bonds is 5. The van der Waals surface area contributed by atoms with Gasteiger partial charge in [-0.15, -0.1) is 0 Å². The van der Waals surface area contributed by atoms with E-state index in [4.69, 9.17) is 15.0 Å². The zero-order chi connectivity index (χ0) is 24.9. The molecular formula is C24H25F4N3O4. The third kappa shape index (κ3) is 6.89. The Balaban J connectivity index is 0.000000476. The van der Waals surface area contributed by atoms with Crippen molar-refractivity contribution in [1.29, 1.82) is 0 Å². The number of hydrogen-bond acceptors (Lipinski definition) is 4. The van der Waals surface area contributed by atoms with Crippen LogP contribution in [0.3, 0.4) is 0 Å². The maximum absolute atomic E-state index is 14.1. The van der Waals surface area contributed by atoms with E-state index in [-0.39, 0.29) is 31.8 Å².